The third-order valence-electron chi connectivity index (χ3n) is 4.05. The molecule has 1 aliphatic carbocycles. The van der Waals surface area contributed by atoms with Crippen molar-refractivity contribution in [3.8, 4) is 5.75 Å². The number of phenolic OH excluding ortho intramolecular Hbond substituents is 1. The molecule has 1 N–H and O–H groups in total. The fourth-order valence-electron chi connectivity index (χ4n) is 3.18. The van der Waals surface area contributed by atoms with Crippen molar-refractivity contribution >= 4 is 5.69 Å². The van der Waals surface area contributed by atoms with E-state index in [-0.39, 0.29) is 0 Å². The molecular weight excluding hydrogens is 198 g/mol. The quantitative estimate of drug-likeness (QED) is 0.823. The van der Waals surface area contributed by atoms with Crippen molar-refractivity contribution in [1.82, 2.24) is 0 Å². The van der Waals surface area contributed by atoms with Crippen LogP contribution in [0.25, 0.3) is 0 Å². The second-order valence-corrected chi connectivity index (χ2v) is 5.12. The fourth-order valence-corrected chi connectivity index (χ4v) is 3.18. The Morgan fingerprint density at radius 1 is 1.25 bits per heavy atom. The van der Waals surface area contributed by atoms with Gasteiger partial charge >= 0.3 is 0 Å². The van der Waals surface area contributed by atoms with E-state index in [4.69, 9.17) is 0 Å². The van der Waals surface area contributed by atoms with E-state index < -0.39 is 0 Å². The zero-order chi connectivity index (χ0) is 11.0. The predicted octanol–water partition coefficient (Wildman–Crippen LogP) is 2.94. The molecule has 0 aromatic heterocycles. The lowest BCUT2D eigenvalue weighted by atomic mass is 10.1. The Kier molecular flexibility index (Phi) is 2.50. The maximum atomic E-state index is 9.78. The van der Waals surface area contributed by atoms with E-state index in [9.17, 15) is 5.11 Å². The third-order valence-corrected chi connectivity index (χ3v) is 4.05. The van der Waals surface area contributed by atoms with Gasteiger partial charge in [0.15, 0.2) is 0 Å². The number of fused-ring (bicyclic) bond motifs is 1. The minimum absolute atomic E-state index is 0.478. The van der Waals surface area contributed by atoms with E-state index >= 15 is 0 Å². The summed E-state index contributed by atoms with van der Waals surface area (Å²) in [5, 5.41) is 9.78. The number of benzene rings is 1. The first-order chi connectivity index (χ1) is 7.84. The maximum absolute atomic E-state index is 9.78. The number of anilines is 1. The zero-order valence-electron chi connectivity index (χ0n) is 9.65. The van der Waals surface area contributed by atoms with Crippen LogP contribution in [0.4, 0.5) is 5.69 Å². The normalized spacial score (nSPS) is 20.4. The highest BCUT2D eigenvalue weighted by Crippen LogP contribution is 2.36. The van der Waals surface area contributed by atoms with Gasteiger partial charge in [-0.2, -0.15) is 0 Å². The number of aromatic hydroxyl groups is 1. The summed E-state index contributed by atoms with van der Waals surface area (Å²) in [6.07, 6.45) is 6.61. The lowest BCUT2D eigenvalue weighted by Crippen LogP contribution is -2.26. The van der Waals surface area contributed by atoms with Crippen LogP contribution in [0.15, 0.2) is 18.2 Å². The molecule has 0 bridgehead atoms. The SMILES string of the molecule is Oc1cccc2c1CCN2CC1CCCC1. The molecule has 1 aliphatic heterocycles. The zero-order valence-corrected chi connectivity index (χ0v) is 9.65. The van der Waals surface area contributed by atoms with Gasteiger partial charge in [-0.25, -0.2) is 0 Å². The van der Waals surface area contributed by atoms with Gasteiger partial charge in [0.25, 0.3) is 0 Å². The van der Waals surface area contributed by atoms with Crippen molar-refractivity contribution in [2.45, 2.75) is 32.1 Å². The number of rotatable bonds is 2. The molecule has 0 unspecified atom stereocenters. The van der Waals surface area contributed by atoms with Crippen molar-refractivity contribution in [2.75, 3.05) is 18.0 Å². The Morgan fingerprint density at radius 2 is 2.06 bits per heavy atom. The summed E-state index contributed by atoms with van der Waals surface area (Å²) in [6.45, 7) is 2.28. The van der Waals surface area contributed by atoms with Crippen LogP contribution in [-0.4, -0.2) is 18.2 Å². The summed E-state index contributed by atoms with van der Waals surface area (Å²) >= 11 is 0. The summed E-state index contributed by atoms with van der Waals surface area (Å²) in [5.41, 5.74) is 2.42. The first kappa shape index (κ1) is 10.0. The molecule has 0 radical (unpaired) electrons. The first-order valence-corrected chi connectivity index (χ1v) is 6.40. The number of hydrogen-bond acceptors (Lipinski definition) is 2. The van der Waals surface area contributed by atoms with E-state index in [0.29, 0.717) is 5.75 Å². The molecule has 86 valence electrons. The van der Waals surface area contributed by atoms with Crippen LogP contribution in [-0.2, 0) is 6.42 Å². The van der Waals surface area contributed by atoms with Crippen LogP contribution in [0, 0.1) is 5.92 Å². The van der Waals surface area contributed by atoms with Crippen LogP contribution < -0.4 is 4.90 Å². The monoisotopic (exact) mass is 217 g/mol. The lowest BCUT2D eigenvalue weighted by Gasteiger charge is -2.23. The van der Waals surface area contributed by atoms with Crippen LogP contribution >= 0.6 is 0 Å². The van der Waals surface area contributed by atoms with Gasteiger partial charge in [-0.3, -0.25) is 0 Å². The average Bonchev–Trinajstić information content (AvgIpc) is 2.90. The molecule has 1 aromatic rings. The number of phenols is 1. The predicted molar refractivity (Wildman–Crippen MR) is 66.0 cm³/mol. The Labute approximate surface area is 96.9 Å². The van der Waals surface area contributed by atoms with Crippen LogP contribution in [0.3, 0.4) is 0 Å². The molecule has 0 spiro atoms. The molecule has 3 rings (SSSR count). The van der Waals surface area contributed by atoms with Crippen molar-refractivity contribution in [3.05, 3.63) is 23.8 Å². The van der Waals surface area contributed by atoms with Gasteiger partial charge in [-0.15, -0.1) is 0 Å². The molecule has 1 heterocycles. The summed E-state index contributed by atoms with van der Waals surface area (Å²) in [7, 11) is 0. The smallest absolute Gasteiger partial charge is 0.120 e. The van der Waals surface area contributed by atoms with E-state index in [0.717, 1.165) is 24.4 Å². The van der Waals surface area contributed by atoms with E-state index in [1.807, 2.05) is 6.07 Å². The van der Waals surface area contributed by atoms with E-state index in [1.165, 1.54) is 37.9 Å². The molecule has 2 heteroatoms. The highest BCUT2D eigenvalue weighted by Gasteiger charge is 2.25. The average molecular weight is 217 g/mol. The molecule has 0 saturated heterocycles. The highest BCUT2D eigenvalue weighted by molar-refractivity contribution is 5.62. The lowest BCUT2D eigenvalue weighted by molar-refractivity contribution is 0.470. The fraction of sp³-hybridized carbons (Fsp3) is 0.571. The molecule has 2 nitrogen and oxygen atoms in total. The van der Waals surface area contributed by atoms with Gasteiger partial charge in [0.05, 0.1) is 0 Å². The molecule has 1 aromatic carbocycles. The Hall–Kier alpha value is -1.18. The van der Waals surface area contributed by atoms with Gasteiger partial charge in [-0.1, -0.05) is 18.9 Å². The summed E-state index contributed by atoms with van der Waals surface area (Å²) in [4.78, 5) is 2.46. The molecule has 0 atom stereocenters. The van der Waals surface area contributed by atoms with Crippen molar-refractivity contribution in [1.29, 1.82) is 0 Å². The van der Waals surface area contributed by atoms with Crippen molar-refractivity contribution < 1.29 is 5.11 Å². The number of hydrogen-bond donors (Lipinski definition) is 1. The van der Waals surface area contributed by atoms with Gasteiger partial charge in [-0.05, 0) is 37.3 Å². The van der Waals surface area contributed by atoms with Gasteiger partial charge < -0.3 is 10.0 Å². The third kappa shape index (κ3) is 1.66. The first-order valence-electron chi connectivity index (χ1n) is 6.40. The minimum Gasteiger partial charge on any atom is -0.508 e. The van der Waals surface area contributed by atoms with Gasteiger partial charge in [0.2, 0.25) is 0 Å². The van der Waals surface area contributed by atoms with Crippen LogP contribution in [0.1, 0.15) is 31.2 Å². The minimum atomic E-state index is 0.478. The largest absolute Gasteiger partial charge is 0.508 e. The van der Waals surface area contributed by atoms with Gasteiger partial charge in [0.1, 0.15) is 5.75 Å². The Morgan fingerprint density at radius 3 is 2.88 bits per heavy atom. The second kappa shape index (κ2) is 4.00. The molecule has 16 heavy (non-hydrogen) atoms. The highest BCUT2D eigenvalue weighted by atomic mass is 16.3. The van der Waals surface area contributed by atoms with Crippen molar-refractivity contribution in [3.63, 3.8) is 0 Å². The summed E-state index contributed by atoms with van der Waals surface area (Å²) in [5.74, 6) is 1.36. The van der Waals surface area contributed by atoms with E-state index in [2.05, 4.69) is 11.0 Å². The molecule has 0 amide bonds. The molecular formula is C14H19NO. The second-order valence-electron chi connectivity index (χ2n) is 5.12. The van der Waals surface area contributed by atoms with Gasteiger partial charge in [0, 0.05) is 24.3 Å². The van der Waals surface area contributed by atoms with Crippen molar-refractivity contribution in [2.24, 2.45) is 5.92 Å². The Bertz CT molecular complexity index is 382. The summed E-state index contributed by atoms with van der Waals surface area (Å²) < 4.78 is 0. The molecule has 1 saturated carbocycles. The molecule has 2 aliphatic rings. The maximum Gasteiger partial charge on any atom is 0.120 e. The van der Waals surface area contributed by atoms with E-state index in [1.54, 1.807) is 6.07 Å². The van der Waals surface area contributed by atoms with Crippen LogP contribution in [0.2, 0.25) is 0 Å². The summed E-state index contributed by atoms with van der Waals surface area (Å²) in [6, 6.07) is 5.91. The topological polar surface area (TPSA) is 23.5 Å². The number of nitrogens with zero attached hydrogens (tertiary/aromatic N) is 1. The molecule has 1 fully saturated rings. The Balaban J connectivity index is 1.78. The standard InChI is InChI=1S/C14H19NO/c16-14-7-3-6-13-12(14)8-9-15(13)10-11-4-1-2-5-11/h3,6-7,11,16H,1-2,4-5,8-10H2. The van der Waals surface area contributed by atoms with Crippen LogP contribution in [0.5, 0.6) is 5.75 Å².